The molecular formula is C19H23ClN2O4S. The largest absolute Gasteiger partial charge is 0.457 e. The Bertz CT molecular complexity index is 890. The molecule has 2 aromatic carbocycles. The van der Waals surface area contributed by atoms with Gasteiger partial charge in [0.1, 0.15) is 11.5 Å². The zero-order valence-corrected chi connectivity index (χ0v) is 16.6. The second-order valence-electron chi connectivity index (χ2n) is 6.69. The first-order chi connectivity index (χ1) is 12.3. The standard InChI is InChI=1S/C19H22N2O4S.ClH/c1-26(23,24)17-10-8-16(9-11-17)25-15-6-4-14(5-7-15)21-18(22)19(20)12-2-3-13-19;/h4-11H,2-3,12-13,20H2,1H3,(H,21,22);1H. The number of ether oxygens (including phenoxy) is 1. The van der Waals surface area contributed by atoms with E-state index in [0.717, 1.165) is 19.1 Å². The fraction of sp³-hybridized carbons (Fsp3) is 0.316. The van der Waals surface area contributed by atoms with Crippen LogP contribution in [0.25, 0.3) is 0 Å². The van der Waals surface area contributed by atoms with E-state index in [1.165, 1.54) is 12.1 Å². The number of carbonyl (C=O) groups excluding carboxylic acids is 1. The summed E-state index contributed by atoms with van der Waals surface area (Å²) in [4.78, 5) is 12.6. The minimum absolute atomic E-state index is 0. The number of halogens is 1. The summed E-state index contributed by atoms with van der Waals surface area (Å²) in [5.74, 6) is 0.958. The van der Waals surface area contributed by atoms with Crippen LogP contribution in [-0.4, -0.2) is 26.1 Å². The summed E-state index contributed by atoms with van der Waals surface area (Å²) >= 11 is 0. The number of carbonyl (C=O) groups is 1. The minimum atomic E-state index is -3.23. The topological polar surface area (TPSA) is 98.5 Å². The van der Waals surface area contributed by atoms with Crippen LogP contribution in [0.1, 0.15) is 25.7 Å². The van der Waals surface area contributed by atoms with E-state index in [1.54, 1.807) is 36.4 Å². The minimum Gasteiger partial charge on any atom is -0.457 e. The Hall–Kier alpha value is -2.09. The van der Waals surface area contributed by atoms with Gasteiger partial charge >= 0.3 is 0 Å². The molecule has 1 fully saturated rings. The molecule has 0 unspecified atom stereocenters. The van der Waals surface area contributed by atoms with E-state index in [0.29, 0.717) is 30.0 Å². The number of anilines is 1. The lowest BCUT2D eigenvalue weighted by Crippen LogP contribution is -2.48. The van der Waals surface area contributed by atoms with Gasteiger partial charge in [0.25, 0.3) is 0 Å². The maximum atomic E-state index is 12.3. The van der Waals surface area contributed by atoms with Crippen molar-refractivity contribution in [1.82, 2.24) is 0 Å². The van der Waals surface area contributed by atoms with Crippen molar-refractivity contribution in [2.24, 2.45) is 5.73 Å². The number of nitrogens with two attached hydrogens (primary N) is 1. The SMILES string of the molecule is CS(=O)(=O)c1ccc(Oc2ccc(NC(=O)C3(N)CCCC3)cc2)cc1.Cl. The quantitative estimate of drug-likeness (QED) is 0.785. The van der Waals surface area contributed by atoms with Gasteiger partial charge < -0.3 is 15.8 Å². The van der Waals surface area contributed by atoms with E-state index in [1.807, 2.05) is 0 Å². The van der Waals surface area contributed by atoms with Gasteiger partial charge in [-0.05, 0) is 61.4 Å². The van der Waals surface area contributed by atoms with Gasteiger partial charge in [-0.1, -0.05) is 12.8 Å². The van der Waals surface area contributed by atoms with Crippen molar-refractivity contribution in [3.05, 3.63) is 48.5 Å². The number of hydrogen-bond donors (Lipinski definition) is 2. The van der Waals surface area contributed by atoms with Crippen LogP contribution in [0.4, 0.5) is 5.69 Å². The number of benzene rings is 2. The Morgan fingerprint density at radius 1 is 1.00 bits per heavy atom. The van der Waals surface area contributed by atoms with Crippen molar-refractivity contribution in [1.29, 1.82) is 0 Å². The second-order valence-corrected chi connectivity index (χ2v) is 8.70. The van der Waals surface area contributed by atoms with E-state index < -0.39 is 15.4 Å². The highest BCUT2D eigenvalue weighted by molar-refractivity contribution is 7.90. The lowest BCUT2D eigenvalue weighted by molar-refractivity contribution is -0.121. The van der Waals surface area contributed by atoms with Crippen LogP contribution in [0.3, 0.4) is 0 Å². The Kier molecular flexibility index (Phi) is 6.51. The van der Waals surface area contributed by atoms with E-state index >= 15 is 0 Å². The lowest BCUT2D eigenvalue weighted by atomic mass is 9.98. The molecule has 0 aliphatic heterocycles. The third-order valence-electron chi connectivity index (χ3n) is 4.55. The molecule has 1 amide bonds. The molecule has 0 aromatic heterocycles. The smallest absolute Gasteiger partial charge is 0.244 e. The highest BCUT2D eigenvalue weighted by atomic mass is 35.5. The number of rotatable bonds is 5. The van der Waals surface area contributed by atoms with Gasteiger partial charge in [-0.25, -0.2) is 8.42 Å². The van der Waals surface area contributed by atoms with Crippen molar-refractivity contribution in [3.63, 3.8) is 0 Å². The van der Waals surface area contributed by atoms with Crippen molar-refractivity contribution in [3.8, 4) is 11.5 Å². The molecule has 0 bridgehead atoms. The zero-order valence-electron chi connectivity index (χ0n) is 15.0. The highest BCUT2D eigenvalue weighted by Gasteiger charge is 2.36. The van der Waals surface area contributed by atoms with Gasteiger partial charge in [-0.15, -0.1) is 12.4 Å². The van der Waals surface area contributed by atoms with Crippen LogP contribution in [0.2, 0.25) is 0 Å². The average molecular weight is 411 g/mol. The molecule has 8 heteroatoms. The van der Waals surface area contributed by atoms with Gasteiger partial charge in [-0.2, -0.15) is 0 Å². The summed E-state index contributed by atoms with van der Waals surface area (Å²) in [5, 5.41) is 2.85. The number of amides is 1. The molecule has 1 aliphatic carbocycles. The summed E-state index contributed by atoms with van der Waals surface area (Å²) in [6.07, 6.45) is 4.55. The molecule has 2 aromatic rings. The number of nitrogens with one attached hydrogen (secondary N) is 1. The fourth-order valence-electron chi connectivity index (χ4n) is 2.99. The van der Waals surface area contributed by atoms with Crippen LogP contribution in [0.5, 0.6) is 11.5 Å². The monoisotopic (exact) mass is 410 g/mol. The molecule has 3 rings (SSSR count). The van der Waals surface area contributed by atoms with Crippen LogP contribution in [0, 0.1) is 0 Å². The van der Waals surface area contributed by atoms with E-state index in [2.05, 4.69) is 5.32 Å². The lowest BCUT2D eigenvalue weighted by Gasteiger charge is -2.22. The van der Waals surface area contributed by atoms with Crippen molar-refractivity contribution in [2.45, 2.75) is 36.1 Å². The third-order valence-corrected chi connectivity index (χ3v) is 5.68. The first-order valence-electron chi connectivity index (χ1n) is 8.45. The number of sulfone groups is 1. The Balaban J connectivity index is 0.00000261. The summed E-state index contributed by atoms with van der Waals surface area (Å²) in [5.41, 5.74) is 6.04. The van der Waals surface area contributed by atoms with Crippen LogP contribution >= 0.6 is 12.4 Å². The molecule has 0 atom stereocenters. The van der Waals surface area contributed by atoms with Gasteiger partial charge in [0, 0.05) is 11.9 Å². The normalized spacial score (nSPS) is 15.6. The van der Waals surface area contributed by atoms with E-state index in [4.69, 9.17) is 10.5 Å². The molecule has 1 saturated carbocycles. The Morgan fingerprint density at radius 3 is 1.96 bits per heavy atom. The first-order valence-corrected chi connectivity index (χ1v) is 10.3. The zero-order chi connectivity index (χ0) is 18.8. The van der Waals surface area contributed by atoms with Crippen LogP contribution in [-0.2, 0) is 14.6 Å². The molecule has 146 valence electrons. The van der Waals surface area contributed by atoms with Gasteiger partial charge in [0.15, 0.2) is 9.84 Å². The summed E-state index contributed by atoms with van der Waals surface area (Å²) in [6, 6.07) is 13.2. The number of hydrogen-bond acceptors (Lipinski definition) is 5. The molecule has 27 heavy (non-hydrogen) atoms. The van der Waals surface area contributed by atoms with Gasteiger partial charge in [0.2, 0.25) is 5.91 Å². The predicted octanol–water partition coefficient (Wildman–Crippen LogP) is 3.51. The first kappa shape index (κ1) is 21.2. The summed E-state index contributed by atoms with van der Waals surface area (Å²) < 4.78 is 28.6. The average Bonchev–Trinajstić information content (AvgIpc) is 3.04. The highest BCUT2D eigenvalue weighted by Crippen LogP contribution is 2.29. The Labute approximate surface area is 165 Å². The molecule has 0 radical (unpaired) electrons. The maximum absolute atomic E-state index is 12.3. The van der Waals surface area contributed by atoms with E-state index in [9.17, 15) is 13.2 Å². The fourth-order valence-corrected chi connectivity index (χ4v) is 3.62. The molecule has 0 heterocycles. The van der Waals surface area contributed by atoms with Crippen LogP contribution in [0.15, 0.2) is 53.4 Å². The Morgan fingerprint density at radius 2 is 1.48 bits per heavy atom. The van der Waals surface area contributed by atoms with Gasteiger partial charge in [0.05, 0.1) is 10.4 Å². The molecule has 3 N–H and O–H groups in total. The predicted molar refractivity (Wildman–Crippen MR) is 107 cm³/mol. The summed E-state index contributed by atoms with van der Waals surface area (Å²) in [7, 11) is -3.23. The molecule has 0 spiro atoms. The van der Waals surface area contributed by atoms with E-state index in [-0.39, 0.29) is 23.2 Å². The van der Waals surface area contributed by atoms with Gasteiger partial charge in [-0.3, -0.25) is 4.79 Å². The summed E-state index contributed by atoms with van der Waals surface area (Å²) in [6.45, 7) is 0. The third kappa shape index (κ3) is 5.22. The molecule has 1 aliphatic rings. The molecular weight excluding hydrogens is 388 g/mol. The molecule has 6 nitrogen and oxygen atoms in total. The maximum Gasteiger partial charge on any atom is 0.244 e. The van der Waals surface area contributed by atoms with Crippen molar-refractivity contribution < 1.29 is 17.9 Å². The van der Waals surface area contributed by atoms with Crippen molar-refractivity contribution >= 4 is 33.8 Å². The molecule has 0 saturated heterocycles. The second kappa shape index (κ2) is 8.29. The van der Waals surface area contributed by atoms with Crippen molar-refractivity contribution in [2.75, 3.05) is 11.6 Å². The van der Waals surface area contributed by atoms with Crippen LogP contribution < -0.4 is 15.8 Å².